The maximum atomic E-state index is 13.3. The summed E-state index contributed by atoms with van der Waals surface area (Å²) >= 11 is 0. The first-order chi connectivity index (χ1) is 18.1. The van der Waals surface area contributed by atoms with Gasteiger partial charge in [-0.2, -0.15) is 0 Å². The van der Waals surface area contributed by atoms with E-state index in [-0.39, 0.29) is 41.0 Å². The van der Waals surface area contributed by atoms with Crippen molar-refractivity contribution in [3.8, 4) is 0 Å². The monoisotopic (exact) mass is 524 g/mol. The Hall–Kier alpha value is -1.63. The van der Waals surface area contributed by atoms with Crippen LogP contribution in [0.25, 0.3) is 0 Å². The maximum absolute atomic E-state index is 13.3. The van der Waals surface area contributed by atoms with Gasteiger partial charge in [0.15, 0.2) is 0 Å². The number of nitrogens with zero attached hydrogens (tertiary/aromatic N) is 2. The zero-order chi connectivity index (χ0) is 27.0. The van der Waals surface area contributed by atoms with Gasteiger partial charge in [-0.15, -0.1) is 0 Å². The summed E-state index contributed by atoms with van der Waals surface area (Å²) in [4.78, 5) is 17.4. The maximum Gasteiger partial charge on any atom is 0.228 e. The van der Waals surface area contributed by atoms with Gasteiger partial charge < -0.3 is 20.2 Å². The second-order valence-electron chi connectivity index (χ2n) is 14.2. The molecule has 1 aromatic rings. The van der Waals surface area contributed by atoms with Crippen LogP contribution in [0.1, 0.15) is 78.6 Å². The Balaban J connectivity index is 1.16. The highest BCUT2D eigenvalue weighted by molar-refractivity contribution is 5.99. The number of aliphatic hydroxyl groups is 3. The summed E-state index contributed by atoms with van der Waals surface area (Å²) in [6.07, 6.45) is 6.69. The van der Waals surface area contributed by atoms with Gasteiger partial charge in [0, 0.05) is 13.5 Å². The SMILES string of the molecule is C[C@H](CCC(=O)N1CN(C)c2ccccc21)[C@H]1CC[C@H]2[C@@H]3[C@H](O)C[C@@H]4C[C@H](O)CC[C@]4(C)[C@H]3C[C@H](O)[C@]12C. The van der Waals surface area contributed by atoms with Crippen molar-refractivity contribution in [3.63, 3.8) is 0 Å². The number of amides is 1. The van der Waals surface area contributed by atoms with Gasteiger partial charge in [-0.25, -0.2) is 0 Å². The van der Waals surface area contributed by atoms with E-state index in [0.717, 1.165) is 62.7 Å². The Bertz CT molecular complexity index is 1060. The fourth-order valence-electron chi connectivity index (χ4n) is 10.4. The molecule has 3 N–H and O–H groups in total. The van der Waals surface area contributed by atoms with E-state index in [1.807, 2.05) is 30.1 Å². The van der Waals surface area contributed by atoms with Crippen molar-refractivity contribution in [1.29, 1.82) is 0 Å². The van der Waals surface area contributed by atoms with Gasteiger partial charge in [-0.1, -0.05) is 32.9 Å². The average molecular weight is 525 g/mol. The summed E-state index contributed by atoms with van der Waals surface area (Å²) in [5, 5.41) is 33.7. The highest BCUT2D eigenvalue weighted by Crippen LogP contribution is 2.68. The lowest BCUT2D eigenvalue weighted by atomic mass is 9.43. The molecule has 4 aliphatic carbocycles. The molecule has 4 saturated carbocycles. The molecule has 1 aliphatic heterocycles. The molecule has 1 aromatic carbocycles. The summed E-state index contributed by atoms with van der Waals surface area (Å²) in [7, 11) is 2.03. The van der Waals surface area contributed by atoms with E-state index in [4.69, 9.17) is 0 Å². The molecule has 1 heterocycles. The molecule has 210 valence electrons. The normalized spacial score (nSPS) is 44.7. The van der Waals surface area contributed by atoms with Crippen molar-refractivity contribution in [2.45, 2.75) is 96.9 Å². The molecule has 0 radical (unpaired) electrons. The zero-order valence-electron chi connectivity index (χ0n) is 23.7. The molecule has 38 heavy (non-hydrogen) atoms. The lowest BCUT2D eigenvalue weighted by Gasteiger charge is -2.63. The molecular formula is C32H48N2O4. The Labute approximate surface area is 228 Å². The minimum Gasteiger partial charge on any atom is -0.393 e. The summed E-state index contributed by atoms with van der Waals surface area (Å²) in [6.45, 7) is 7.57. The van der Waals surface area contributed by atoms with Crippen LogP contribution in [0.2, 0.25) is 0 Å². The fourth-order valence-corrected chi connectivity index (χ4v) is 10.4. The number of para-hydroxylation sites is 2. The quantitative estimate of drug-likeness (QED) is 0.527. The third-order valence-corrected chi connectivity index (χ3v) is 12.6. The van der Waals surface area contributed by atoms with Crippen LogP contribution in [0.3, 0.4) is 0 Å². The molecule has 1 amide bonds. The molecule has 0 aromatic heterocycles. The van der Waals surface area contributed by atoms with Crippen LogP contribution in [-0.4, -0.2) is 53.3 Å². The van der Waals surface area contributed by atoms with Crippen molar-refractivity contribution in [1.82, 2.24) is 0 Å². The second-order valence-corrected chi connectivity index (χ2v) is 14.2. The Kier molecular flexibility index (Phi) is 6.64. The van der Waals surface area contributed by atoms with Crippen LogP contribution in [0.15, 0.2) is 24.3 Å². The minimum absolute atomic E-state index is 0.0980. The van der Waals surface area contributed by atoms with Crippen molar-refractivity contribution >= 4 is 17.3 Å². The van der Waals surface area contributed by atoms with Crippen LogP contribution < -0.4 is 9.80 Å². The molecule has 11 atom stereocenters. The number of anilines is 2. The molecule has 0 saturated heterocycles. The van der Waals surface area contributed by atoms with E-state index in [9.17, 15) is 20.1 Å². The van der Waals surface area contributed by atoms with Gasteiger partial charge in [0.25, 0.3) is 0 Å². The van der Waals surface area contributed by atoms with Crippen LogP contribution in [-0.2, 0) is 4.79 Å². The van der Waals surface area contributed by atoms with E-state index in [2.05, 4.69) is 31.7 Å². The number of carbonyl (C=O) groups excluding carboxylic acids is 1. The van der Waals surface area contributed by atoms with Gasteiger partial charge in [0.05, 0.1) is 36.4 Å². The van der Waals surface area contributed by atoms with Gasteiger partial charge in [-0.3, -0.25) is 9.69 Å². The van der Waals surface area contributed by atoms with E-state index >= 15 is 0 Å². The third-order valence-electron chi connectivity index (χ3n) is 12.6. The molecule has 0 spiro atoms. The first kappa shape index (κ1) is 26.6. The van der Waals surface area contributed by atoms with Crippen LogP contribution in [0, 0.1) is 46.3 Å². The number of aliphatic hydroxyl groups excluding tert-OH is 3. The fraction of sp³-hybridized carbons (Fsp3) is 0.781. The lowest BCUT2D eigenvalue weighted by molar-refractivity contribution is -0.207. The summed E-state index contributed by atoms with van der Waals surface area (Å²) in [5.74, 6) is 2.09. The average Bonchev–Trinajstić information content (AvgIpc) is 3.42. The smallest absolute Gasteiger partial charge is 0.228 e. The number of benzene rings is 1. The Morgan fingerprint density at radius 2 is 1.76 bits per heavy atom. The summed E-state index contributed by atoms with van der Waals surface area (Å²) in [6, 6.07) is 8.12. The number of fused-ring (bicyclic) bond motifs is 6. The van der Waals surface area contributed by atoms with Crippen LogP contribution in [0.5, 0.6) is 0 Å². The Morgan fingerprint density at radius 1 is 1.03 bits per heavy atom. The standard InChI is InChI=1S/C32H48N2O4/c1-19(9-12-29(38)34-18-33(4)25-7-5-6-8-26(25)34)22-10-11-23-30-24(17-28(37)32(22,23)3)31(2)14-13-21(35)15-20(31)16-27(30)36/h5-8,19-24,27-28,30,35-37H,9-18H2,1-4H3/t19-,20+,21-,22-,23+,24+,27-,28+,30+,31+,32-/m1/s1. The van der Waals surface area contributed by atoms with Crippen LogP contribution >= 0.6 is 0 Å². The molecule has 0 unspecified atom stereocenters. The second kappa shape index (κ2) is 9.49. The summed E-state index contributed by atoms with van der Waals surface area (Å²) in [5.41, 5.74) is 1.99. The molecular weight excluding hydrogens is 476 g/mol. The molecule has 5 aliphatic rings. The molecule has 6 rings (SSSR count). The van der Waals surface area contributed by atoms with Gasteiger partial charge >= 0.3 is 0 Å². The molecule has 0 bridgehead atoms. The van der Waals surface area contributed by atoms with Crippen molar-refractivity contribution in [2.24, 2.45) is 46.3 Å². The van der Waals surface area contributed by atoms with Crippen molar-refractivity contribution in [3.05, 3.63) is 24.3 Å². The Morgan fingerprint density at radius 3 is 2.53 bits per heavy atom. The van der Waals surface area contributed by atoms with Crippen molar-refractivity contribution < 1.29 is 20.1 Å². The third kappa shape index (κ3) is 3.88. The van der Waals surface area contributed by atoms with Gasteiger partial charge in [-0.05, 0) is 110 Å². The highest BCUT2D eigenvalue weighted by atomic mass is 16.3. The first-order valence-corrected chi connectivity index (χ1v) is 15.2. The van der Waals surface area contributed by atoms with Crippen molar-refractivity contribution in [2.75, 3.05) is 23.5 Å². The molecule has 6 heteroatoms. The van der Waals surface area contributed by atoms with Gasteiger partial charge in [0.1, 0.15) is 0 Å². The number of carbonyl (C=O) groups is 1. The van der Waals surface area contributed by atoms with E-state index in [1.54, 1.807) is 0 Å². The topological polar surface area (TPSA) is 84.2 Å². The van der Waals surface area contributed by atoms with E-state index in [0.29, 0.717) is 42.7 Å². The first-order valence-electron chi connectivity index (χ1n) is 15.2. The number of rotatable bonds is 4. The van der Waals surface area contributed by atoms with Gasteiger partial charge in [0.2, 0.25) is 5.91 Å². The lowest BCUT2D eigenvalue weighted by Crippen LogP contribution is -2.62. The number of hydrogen-bond donors (Lipinski definition) is 3. The highest BCUT2D eigenvalue weighted by Gasteiger charge is 2.65. The van der Waals surface area contributed by atoms with Crippen LogP contribution in [0.4, 0.5) is 11.4 Å². The predicted molar refractivity (Wildman–Crippen MR) is 150 cm³/mol. The number of hydrogen-bond acceptors (Lipinski definition) is 5. The largest absolute Gasteiger partial charge is 0.393 e. The van der Waals surface area contributed by atoms with E-state index in [1.165, 1.54) is 0 Å². The zero-order valence-corrected chi connectivity index (χ0v) is 23.7. The summed E-state index contributed by atoms with van der Waals surface area (Å²) < 4.78 is 0. The molecule has 6 nitrogen and oxygen atoms in total. The minimum atomic E-state index is -0.381. The van der Waals surface area contributed by atoms with E-state index < -0.39 is 0 Å². The predicted octanol–water partition coefficient (Wildman–Crippen LogP) is 4.80. The molecule has 4 fully saturated rings.